The first kappa shape index (κ1) is 14.7. The predicted molar refractivity (Wildman–Crippen MR) is 77.5 cm³/mol. The minimum atomic E-state index is -0.112. The van der Waals surface area contributed by atoms with Gasteiger partial charge in [-0.1, -0.05) is 6.92 Å². The second-order valence-electron chi connectivity index (χ2n) is 4.80. The van der Waals surface area contributed by atoms with Crippen molar-refractivity contribution in [2.45, 2.75) is 20.3 Å². The summed E-state index contributed by atoms with van der Waals surface area (Å²) in [4.78, 5) is 16.2. The van der Waals surface area contributed by atoms with Crippen LogP contribution in [0.5, 0.6) is 0 Å². The molecule has 20 heavy (non-hydrogen) atoms. The van der Waals surface area contributed by atoms with Gasteiger partial charge in [-0.15, -0.1) is 0 Å². The summed E-state index contributed by atoms with van der Waals surface area (Å²) in [7, 11) is 0. The summed E-state index contributed by atoms with van der Waals surface area (Å²) in [6, 6.07) is 1.93. The van der Waals surface area contributed by atoms with Crippen molar-refractivity contribution in [1.82, 2.24) is 10.3 Å². The zero-order valence-corrected chi connectivity index (χ0v) is 12.4. The summed E-state index contributed by atoms with van der Waals surface area (Å²) >= 11 is 1.57. The SMILES string of the molecule is Cc1oc(-c2ccsc2)nc1CC(=O)NCC(C)CO. The third kappa shape index (κ3) is 3.68. The van der Waals surface area contributed by atoms with Gasteiger partial charge in [-0.2, -0.15) is 11.3 Å². The molecule has 0 radical (unpaired) electrons. The summed E-state index contributed by atoms with van der Waals surface area (Å²) in [5.41, 5.74) is 1.58. The fourth-order valence-corrected chi connectivity index (χ4v) is 2.30. The average Bonchev–Trinajstić information content (AvgIpc) is 3.06. The predicted octanol–water partition coefficient (Wildman–Crippen LogP) is 2.00. The van der Waals surface area contributed by atoms with Crippen molar-refractivity contribution in [3.05, 3.63) is 28.3 Å². The highest BCUT2D eigenvalue weighted by Crippen LogP contribution is 2.23. The molecule has 1 amide bonds. The smallest absolute Gasteiger partial charge is 0.227 e. The standard InChI is InChI=1S/C14H18N2O3S/c1-9(7-17)6-15-13(18)5-12-10(2)19-14(16-12)11-3-4-20-8-11/h3-4,8-9,17H,5-7H2,1-2H3,(H,15,18). The van der Waals surface area contributed by atoms with E-state index in [1.54, 1.807) is 11.3 Å². The quantitative estimate of drug-likeness (QED) is 0.854. The highest BCUT2D eigenvalue weighted by Gasteiger charge is 2.15. The Kier molecular flexibility index (Phi) is 4.92. The summed E-state index contributed by atoms with van der Waals surface area (Å²) in [6.45, 7) is 4.20. The Labute approximate surface area is 121 Å². The molecule has 0 aliphatic carbocycles. The number of carbonyl (C=O) groups is 1. The van der Waals surface area contributed by atoms with Crippen LogP contribution in [0.3, 0.4) is 0 Å². The van der Waals surface area contributed by atoms with Gasteiger partial charge in [0.2, 0.25) is 11.8 Å². The van der Waals surface area contributed by atoms with Gasteiger partial charge >= 0.3 is 0 Å². The van der Waals surface area contributed by atoms with Gasteiger partial charge in [-0.25, -0.2) is 4.98 Å². The van der Waals surface area contributed by atoms with Gasteiger partial charge in [-0.05, 0) is 24.3 Å². The number of aliphatic hydroxyl groups is 1. The first-order chi connectivity index (χ1) is 9.60. The second-order valence-corrected chi connectivity index (χ2v) is 5.58. The van der Waals surface area contributed by atoms with E-state index < -0.39 is 0 Å². The van der Waals surface area contributed by atoms with Gasteiger partial charge < -0.3 is 14.8 Å². The van der Waals surface area contributed by atoms with Crippen LogP contribution in [0.25, 0.3) is 11.5 Å². The lowest BCUT2D eigenvalue weighted by Gasteiger charge is -2.08. The molecule has 0 aliphatic heterocycles. The molecule has 2 rings (SSSR count). The van der Waals surface area contributed by atoms with Crippen molar-refractivity contribution < 1.29 is 14.3 Å². The molecule has 6 heteroatoms. The molecule has 108 valence electrons. The monoisotopic (exact) mass is 294 g/mol. The number of aromatic nitrogens is 1. The van der Waals surface area contributed by atoms with Crippen LogP contribution in [-0.4, -0.2) is 29.1 Å². The maximum absolute atomic E-state index is 11.8. The fourth-order valence-electron chi connectivity index (χ4n) is 1.67. The lowest BCUT2D eigenvalue weighted by Crippen LogP contribution is -2.30. The van der Waals surface area contributed by atoms with Crippen molar-refractivity contribution in [2.75, 3.05) is 13.2 Å². The molecule has 1 atom stereocenters. The molecule has 0 bridgehead atoms. The summed E-state index contributed by atoms with van der Waals surface area (Å²) < 4.78 is 5.58. The normalized spacial score (nSPS) is 12.3. The van der Waals surface area contributed by atoms with Crippen LogP contribution in [0.15, 0.2) is 21.2 Å². The number of oxazole rings is 1. The molecule has 0 saturated carbocycles. The van der Waals surface area contributed by atoms with E-state index in [-0.39, 0.29) is 24.9 Å². The molecule has 0 fully saturated rings. The van der Waals surface area contributed by atoms with E-state index in [1.165, 1.54) is 0 Å². The highest BCUT2D eigenvalue weighted by atomic mass is 32.1. The molecule has 0 aliphatic rings. The zero-order chi connectivity index (χ0) is 14.5. The Balaban J connectivity index is 1.98. The molecule has 2 aromatic heterocycles. The Morgan fingerprint density at radius 2 is 2.40 bits per heavy atom. The summed E-state index contributed by atoms with van der Waals surface area (Å²) in [5.74, 6) is 1.16. The third-order valence-electron chi connectivity index (χ3n) is 2.95. The van der Waals surface area contributed by atoms with E-state index >= 15 is 0 Å². The first-order valence-electron chi connectivity index (χ1n) is 6.46. The third-order valence-corrected chi connectivity index (χ3v) is 3.63. The number of nitrogens with one attached hydrogen (secondary N) is 1. The van der Waals surface area contributed by atoms with Gasteiger partial charge in [0.1, 0.15) is 5.76 Å². The average molecular weight is 294 g/mol. The lowest BCUT2D eigenvalue weighted by molar-refractivity contribution is -0.120. The van der Waals surface area contributed by atoms with Crippen LogP contribution in [0.1, 0.15) is 18.4 Å². The van der Waals surface area contributed by atoms with Crippen LogP contribution in [0.4, 0.5) is 0 Å². The number of nitrogens with zero attached hydrogens (tertiary/aromatic N) is 1. The molecule has 5 nitrogen and oxygen atoms in total. The van der Waals surface area contributed by atoms with Gasteiger partial charge in [-0.3, -0.25) is 4.79 Å². The Morgan fingerprint density at radius 3 is 3.05 bits per heavy atom. The van der Waals surface area contributed by atoms with E-state index in [2.05, 4.69) is 10.3 Å². The molecule has 2 heterocycles. The Hall–Kier alpha value is -1.66. The van der Waals surface area contributed by atoms with E-state index in [4.69, 9.17) is 9.52 Å². The maximum Gasteiger partial charge on any atom is 0.227 e. The van der Waals surface area contributed by atoms with Crippen LogP contribution < -0.4 is 5.32 Å². The largest absolute Gasteiger partial charge is 0.441 e. The number of carbonyl (C=O) groups excluding carboxylic acids is 1. The molecule has 1 unspecified atom stereocenters. The number of aliphatic hydroxyl groups excluding tert-OH is 1. The number of rotatable bonds is 6. The van der Waals surface area contributed by atoms with Crippen LogP contribution >= 0.6 is 11.3 Å². The van der Waals surface area contributed by atoms with Crippen molar-refractivity contribution >= 4 is 17.2 Å². The highest BCUT2D eigenvalue weighted by molar-refractivity contribution is 7.08. The molecule has 2 N–H and O–H groups in total. The van der Waals surface area contributed by atoms with Crippen molar-refractivity contribution in [3.63, 3.8) is 0 Å². The van der Waals surface area contributed by atoms with Crippen molar-refractivity contribution in [1.29, 1.82) is 0 Å². The van der Waals surface area contributed by atoms with Crippen LogP contribution in [0.2, 0.25) is 0 Å². The number of hydrogen-bond donors (Lipinski definition) is 2. The van der Waals surface area contributed by atoms with Crippen LogP contribution in [0, 0.1) is 12.8 Å². The molecular formula is C14H18N2O3S. The summed E-state index contributed by atoms with van der Waals surface area (Å²) in [5, 5.41) is 15.6. The van der Waals surface area contributed by atoms with Crippen molar-refractivity contribution in [2.24, 2.45) is 5.92 Å². The minimum Gasteiger partial charge on any atom is -0.441 e. The van der Waals surface area contributed by atoms with Crippen molar-refractivity contribution in [3.8, 4) is 11.5 Å². The maximum atomic E-state index is 11.8. The number of aryl methyl sites for hydroxylation is 1. The minimum absolute atomic E-state index is 0.0544. The Bertz CT molecular complexity index is 563. The molecule has 0 saturated heterocycles. The lowest BCUT2D eigenvalue weighted by atomic mass is 10.2. The molecule has 0 spiro atoms. The molecular weight excluding hydrogens is 276 g/mol. The molecule has 2 aromatic rings. The van der Waals surface area contributed by atoms with E-state index in [9.17, 15) is 4.79 Å². The number of thiophene rings is 1. The molecule has 0 aromatic carbocycles. The van der Waals surface area contributed by atoms with E-state index in [1.807, 2.05) is 30.7 Å². The van der Waals surface area contributed by atoms with E-state index in [0.29, 0.717) is 23.9 Å². The van der Waals surface area contributed by atoms with Gasteiger partial charge in [0.15, 0.2) is 0 Å². The van der Waals surface area contributed by atoms with E-state index in [0.717, 1.165) is 5.56 Å². The summed E-state index contributed by atoms with van der Waals surface area (Å²) in [6.07, 6.45) is 0.192. The number of amides is 1. The number of hydrogen-bond acceptors (Lipinski definition) is 5. The van der Waals surface area contributed by atoms with Gasteiger partial charge in [0.25, 0.3) is 0 Å². The fraction of sp³-hybridized carbons (Fsp3) is 0.429. The second kappa shape index (κ2) is 6.67. The Morgan fingerprint density at radius 1 is 1.60 bits per heavy atom. The first-order valence-corrected chi connectivity index (χ1v) is 7.41. The van der Waals surface area contributed by atoms with Crippen LogP contribution in [-0.2, 0) is 11.2 Å². The topological polar surface area (TPSA) is 75.4 Å². The van der Waals surface area contributed by atoms with Gasteiger partial charge in [0.05, 0.1) is 12.1 Å². The van der Waals surface area contributed by atoms with Gasteiger partial charge in [0, 0.05) is 24.1 Å². The zero-order valence-electron chi connectivity index (χ0n) is 11.5.